The number of ether oxygens (including phenoxy) is 2. The highest BCUT2D eigenvalue weighted by atomic mass is 16.6. The van der Waals surface area contributed by atoms with E-state index < -0.39 is 12.1 Å². The van der Waals surface area contributed by atoms with Gasteiger partial charge in [-0.25, -0.2) is 9.59 Å². The molecule has 0 bridgehead atoms. The van der Waals surface area contributed by atoms with Crippen LogP contribution >= 0.6 is 0 Å². The first-order chi connectivity index (χ1) is 18.4. The largest absolute Gasteiger partial charge is 0.457 e. The molecule has 8 heteroatoms. The van der Waals surface area contributed by atoms with Gasteiger partial charge in [-0.05, 0) is 92.3 Å². The molecule has 2 aromatic heterocycles. The number of carbonyl (C=O) groups excluding carboxylic acids is 2. The number of nitrogens with zero attached hydrogens (tertiary/aromatic N) is 1. The van der Waals surface area contributed by atoms with Crippen LogP contribution in [0.2, 0.25) is 0 Å². The second-order valence-corrected chi connectivity index (χ2v) is 9.36. The van der Waals surface area contributed by atoms with Crippen LogP contribution in [0.4, 0.5) is 4.79 Å². The molecule has 6 rings (SSSR count). The van der Waals surface area contributed by atoms with Crippen LogP contribution in [0.3, 0.4) is 0 Å². The van der Waals surface area contributed by atoms with Gasteiger partial charge < -0.3 is 24.1 Å². The Labute approximate surface area is 217 Å². The van der Waals surface area contributed by atoms with Gasteiger partial charge in [0.25, 0.3) is 0 Å². The van der Waals surface area contributed by atoms with Crippen molar-refractivity contribution in [1.82, 2.24) is 5.16 Å². The molecule has 2 N–H and O–H groups in total. The van der Waals surface area contributed by atoms with Gasteiger partial charge in [-0.1, -0.05) is 23.4 Å². The zero-order valence-corrected chi connectivity index (χ0v) is 20.8. The van der Waals surface area contributed by atoms with Crippen LogP contribution < -0.4 is 10.5 Å². The number of primary amides is 1. The van der Waals surface area contributed by atoms with E-state index in [1.807, 2.05) is 56.3 Å². The molecule has 2 heterocycles. The Balaban J connectivity index is 1.49. The van der Waals surface area contributed by atoms with E-state index in [-0.39, 0.29) is 11.3 Å². The molecular weight excluding hydrogens is 484 g/mol. The van der Waals surface area contributed by atoms with Crippen LogP contribution in [0.25, 0.3) is 33.4 Å². The minimum Gasteiger partial charge on any atom is -0.457 e. The normalized spacial score (nSPS) is 13.0. The van der Waals surface area contributed by atoms with Crippen molar-refractivity contribution in [3.05, 3.63) is 89.3 Å². The fourth-order valence-electron chi connectivity index (χ4n) is 4.82. The second kappa shape index (κ2) is 9.23. The smallest absolute Gasteiger partial charge is 0.412 e. The van der Waals surface area contributed by atoms with Gasteiger partial charge >= 0.3 is 12.1 Å². The molecule has 0 aliphatic heterocycles. The number of aromatic nitrogens is 1. The molecule has 0 saturated heterocycles. The van der Waals surface area contributed by atoms with Gasteiger partial charge in [0.2, 0.25) is 0 Å². The molecule has 1 aliphatic carbocycles. The lowest BCUT2D eigenvalue weighted by atomic mass is 9.93. The van der Waals surface area contributed by atoms with Crippen molar-refractivity contribution in [3.8, 4) is 33.9 Å². The van der Waals surface area contributed by atoms with E-state index >= 15 is 0 Å². The molecule has 3 aromatic carbocycles. The zero-order chi connectivity index (χ0) is 26.4. The number of aryl methyl sites for hydroxylation is 2. The van der Waals surface area contributed by atoms with Gasteiger partial charge in [0.1, 0.15) is 34.2 Å². The fourth-order valence-corrected chi connectivity index (χ4v) is 4.82. The first-order valence-electron chi connectivity index (χ1n) is 12.3. The Hall–Kier alpha value is -4.85. The minimum atomic E-state index is -1.18. The van der Waals surface area contributed by atoms with Crippen molar-refractivity contribution < 1.29 is 28.0 Å². The Morgan fingerprint density at radius 2 is 1.68 bits per heavy atom. The summed E-state index contributed by atoms with van der Waals surface area (Å²) in [4.78, 5) is 24.6. The number of hydrogen-bond acceptors (Lipinski definition) is 7. The molecule has 190 valence electrons. The van der Waals surface area contributed by atoms with Gasteiger partial charge in [0.05, 0.1) is 5.69 Å². The van der Waals surface area contributed by atoms with Crippen LogP contribution in [-0.4, -0.2) is 17.2 Å². The molecule has 1 saturated carbocycles. The lowest BCUT2D eigenvalue weighted by Crippen LogP contribution is -2.18. The Bertz CT molecular complexity index is 1660. The Kier molecular flexibility index (Phi) is 5.72. The Morgan fingerprint density at radius 3 is 2.32 bits per heavy atom. The van der Waals surface area contributed by atoms with Gasteiger partial charge in [-0.15, -0.1) is 0 Å². The summed E-state index contributed by atoms with van der Waals surface area (Å²) in [5.74, 6) is 1.77. The number of benzene rings is 3. The standard InChI is InChI=1S/C30H24N2O6/c1-16-26(17(2)38-32-16)23-15-25-24(14-22(23)18-8-9-18)27(29(33)37-30(31)34)28(36-25)19-10-12-21(13-11-19)35-20-6-4-3-5-7-20/h3-7,10-15,18H,8-9H2,1-2H3,(H2,31,34). The van der Waals surface area contributed by atoms with E-state index in [0.29, 0.717) is 39.7 Å². The number of carbonyl (C=O) groups is 2. The van der Waals surface area contributed by atoms with Crippen molar-refractivity contribution in [2.75, 3.05) is 0 Å². The van der Waals surface area contributed by atoms with Crippen LogP contribution in [0.1, 0.15) is 46.1 Å². The summed E-state index contributed by atoms with van der Waals surface area (Å²) in [6, 6.07) is 20.4. The summed E-state index contributed by atoms with van der Waals surface area (Å²) in [6.45, 7) is 3.77. The maximum atomic E-state index is 13.1. The molecule has 1 amide bonds. The number of hydrogen-bond donors (Lipinski definition) is 1. The first kappa shape index (κ1) is 23.5. The summed E-state index contributed by atoms with van der Waals surface area (Å²) < 4.78 is 22.4. The van der Waals surface area contributed by atoms with Crippen LogP contribution in [0, 0.1) is 13.8 Å². The van der Waals surface area contributed by atoms with Crippen molar-refractivity contribution in [3.63, 3.8) is 0 Å². The van der Waals surface area contributed by atoms with Crippen molar-refractivity contribution in [2.45, 2.75) is 32.6 Å². The van der Waals surface area contributed by atoms with Crippen molar-refractivity contribution in [1.29, 1.82) is 0 Å². The summed E-state index contributed by atoms with van der Waals surface area (Å²) in [7, 11) is 0. The average molecular weight is 509 g/mol. The van der Waals surface area contributed by atoms with E-state index in [0.717, 1.165) is 35.2 Å². The van der Waals surface area contributed by atoms with Gasteiger partial charge in [0, 0.05) is 16.5 Å². The van der Waals surface area contributed by atoms with E-state index in [1.54, 1.807) is 24.3 Å². The number of nitrogens with two attached hydrogens (primary N) is 1. The predicted molar refractivity (Wildman–Crippen MR) is 140 cm³/mol. The molecule has 0 atom stereocenters. The third-order valence-electron chi connectivity index (χ3n) is 6.67. The summed E-state index contributed by atoms with van der Waals surface area (Å²) in [5, 5.41) is 4.67. The van der Waals surface area contributed by atoms with E-state index in [4.69, 9.17) is 24.1 Å². The monoisotopic (exact) mass is 508 g/mol. The number of furan rings is 1. The number of rotatable bonds is 6. The second-order valence-electron chi connectivity index (χ2n) is 9.36. The quantitative estimate of drug-likeness (QED) is 0.189. The van der Waals surface area contributed by atoms with Crippen molar-refractivity contribution >= 4 is 23.0 Å². The van der Waals surface area contributed by atoms with Crippen LogP contribution in [0.5, 0.6) is 11.5 Å². The topological polar surface area (TPSA) is 118 Å². The van der Waals surface area contributed by atoms with E-state index in [9.17, 15) is 9.59 Å². The van der Waals surface area contributed by atoms with Gasteiger partial charge in [0.15, 0.2) is 0 Å². The van der Waals surface area contributed by atoms with E-state index in [2.05, 4.69) is 5.16 Å². The lowest BCUT2D eigenvalue weighted by Gasteiger charge is -2.09. The third kappa shape index (κ3) is 4.30. The number of amides is 1. The summed E-state index contributed by atoms with van der Waals surface area (Å²) >= 11 is 0. The third-order valence-corrected chi connectivity index (χ3v) is 6.67. The summed E-state index contributed by atoms with van der Waals surface area (Å²) in [6.07, 6.45) is 0.893. The fraction of sp³-hybridized carbons (Fsp3) is 0.167. The molecule has 1 aliphatic rings. The Morgan fingerprint density at radius 1 is 0.974 bits per heavy atom. The van der Waals surface area contributed by atoms with Gasteiger partial charge in [-0.3, -0.25) is 0 Å². The predicted octanol–water partition coefficient (Wildman–Crippen LogP) is 7.28. The molecule has 38 heavy (non-hydrogen) atoms. The number of para-hydroxylation sites is 1. The van der Waals surface area contributed by atoms with Gasteiger partial charge in [-0.2, -0.15) is 0 Å². The van der Waals surface area contributed by atoms with Crippen LogP contribution in [-0.2, 0) is 4.74 Å². The van der Waals surface area contributed by atoms with E-state index in [1.165, 1.54) is 0 Å². The van der Waals surface area contributed by atoms with Crippen molar-refractivity contribution in [2.24, 2.45) is 5.73 Å². The molecule has 0 radical (unpaired) electrons. The zero-order valence-electron chi connectivity index (χ0n) is 20.8. The maximum absolute atomic E-state index is 13.1. The lowest BCUT2D eigenvalue weighted by molar-refractivity contribution is 0.0640. The highest BCUT2D eigenvalue weighted by molar-refractivity contribution is 6.12. The molecule has 5 aromatic rings. The molecule has 1 fully saturated rings. The first-order valence-corrected chi connectivity index (χ1v) is 12.3. The molecule has 8 nitrogen and oxygen atoms in total. The highest BCUT2D eigenvalue weighted by Crippen LogP contribution is 2.48. The maximum Gasteiger partial charge on any atom is 0.412 e. The minimum absolute atomic E-state index is 0.141. The molecule has 0 spiro atoms. The average Bonchev–Trinajstić information content (AvgIpc) is 3.60. The SMILES string of the molecule is Cc1noc(C)c1-c1cc2oc(-c3ccc(Oc4ccccc4)cc3)c(C(=O)OC(N)=O)c2cc1C1CC1. The number of esters is 1. The highest BCUT2D eigenvalue weighted by Gasteiger charge is 2.32. The van der Waals surface area contributed by atoms with Crippen LogP contribution in [0.15, 0.2) is 75.7 Å². The summed E-state index contributed by atoms with van der Waals surface area (Å²) in [5.41, 5.74) is 10.1. The molecular formula is C30H24N2O6. The molecule has 0 unspecified atom stereocenters. The number of fused-ring (bicyclic) bond motifs is 1.